The SMILES string of the molecule is CNC(=O)[C@@H]1[C@H](C(=O)O)[C@@H]1c1ccc(OC(C)(C)C)cc1. The first-order valence-electron chi connectivity index (χ1n) is 6.98. The van der Waals surface area contributed by atoms with Gasteiger partial charge in [0.1, 0.15) is 11.4 Å². The molecule has 0 heterocycles. The van der Waals surface area contributed by atoms with Crippen molar-refractivity contribution in [3.63, 3.8) is 0 Å². The second-order valence-electron chi connectivity index (χ2n) is 6.31. The summed E-state index contributed by atoms with van der Waals surface area (Å²) in [5.41, 5.74) is 0.576. The van der Waals surface area contributed by atoms with E-state index < -0.39 is 17.8 Å². The lowest BCUT2D eigenvalue weighted by Gasteiger charge is -2.21. The number of rotatable bonds is 4. The van der Waals surface area contributed by atoms with E-state index in [0.29, 0.717) is 0 Å². The molecule has 1 aliphatic carbocycles. The number of amides is 1. The van der Waals surface area contributed by atoms with E-state index in [1.54, 1.807) is 0 Å². The molecule has 0 saturated heterocycles. The molecule has 114 valence electrons. The Hall–Kier alpha value is -2.04. The van der Waals surface area contributed by atoms with E-state index in [4.69, 9.17) is 4.74 Å². The molecular weight excluding hydrogens is 270 g/mol. The lowest BCUT2D eigenvalue weighted by Crippen LogP contribution is -2.22. The molecule has 0 unspecified atom stereocenters. The smallest absolute Gasteiger partial charge is 0.307 e. The highest BCUT2D eigenvalue weighted by Crippen LogP contribution is 2.54. The number of carboxylic acids is 1. The second-order valence-corrected chi connectivity index (χ2v) is 6.31. The van der Waals surface area contributed by atoms with Gasteiger partial charge in [0, 0.05) is 13.0 Å². The van der Waals surface area contributed by atoms with E-state index in [1.165, 1.54) is 7.05 Å². The third-order valence-corrected chi connectivity index (χ3v) is 3.54. The number of carbonyl (C=O) groups excluding carboxylic acids is 1. The van der Waals surface area contributed by atoms with Gasteiger partial charge in [-0.3, -0.25) is 9.59 Å². The largest absolute Gasteiger partial charge is 0.488 e. The van der Waals surface area contributed by atoms with Crippen LogP contribution >= 0.6 is 0 Å². The number of carbonyl (C=O) groups is 2. The van der Waals surface area contributed by atoms with Crippen LogP contribution in [0.5, 0.6) is 5.75 Å². The average molecular weight is 291 g/mol. The fourth-order valence-corrected chi connectivity index (χ4v) is 2.64. The van der Waals surface area contributed by atoms with Crippen molar-refractivity contribution in [2.24, 2.45) is 11.8 Å². The third kappa shape index (κ3) is 3.35. The van der Waals surface area contributed by atoms with Crippen LogP contribution in [0.4, 0.5) is 0 Å². The van der Waals surface area contributed by atoms with Crippen molar-refractivity contribution in [2.75, 3.05) is 7.05 Å². The molecule has 2 N–H and O–H groups in total. The van der Waals surface area contributed by atoms with Crippen LogP contribution in [0.1, 0.15) is 32.3 Å². The van der Waals surface area contributed by atoms with E-state index in [-0.39, 0.29) is 17.4 Å². The molecule has 3 atom stereocenters. The predicted molar refractivity (Wildman–Crippen MR) is 78.2 cm³/mol. The van der Waals surface area contributed by atoms with Gasteiger partial charge in [-0.15, -0.1) is 0 Å². The molecule has 0 aromatic heterocycles. The Morgan fingerprint density at radius 3 is 2.14 bits per heavy atom. The molecule has 1 fully saturated rings. The van der Waals surface area contributed by atoms with Gasteiger partial charge in [0.15, 0.2) is 0 Å². The fourth-order valence-electron chi connectivity index (χ4n) is 2.64. The summed E-state index contributed by atoms with van der Waals surface area (Å²) in [6, 6.07) is 7.31. The average Bonchev–Trinajstić information content (AvgIpc) is 3.12. The molecular formula is C16H21NO4. The van der Waals surface area contributed by atoms with Crippen molar-refractivity contribution < 1.29 is 19.4 Å². The number of benzene rings is 1. The highest BCUT2D eigenvalue weighted by Gasteiger charge is 2.59. The van der Waals surface area contributed by atoms with Crippen LogP contribution in [-0.2, 0) is 9.59 Å². The lowest BCUT2D eigenvalue weighted by atomic mass is 10.1. The number of nitrogens with one attached hydrogen (secondary N) is 1. The maximum absolute atomic E-state index is 11.7. The maximum atomic E-state index is 11.7. The van der Waals surface area contributed by atoms with Gasteiger partial charge >= 0.3 is 5.97 Å². The first-order chi connectivity index (χ1) is 9.74. The summed E-state index contributed by atoms with van der Waals surface area (Å²) in [6.07, 6.45) is 0. The van der Waals surface area contributed by atoms with Crippen LogP contribution < -0.4 is 10.1 Å². The molecule has 2 rings (SSSR count). The molecule has 0 aliphatic heterocycles. The van der Waals surface area contributed by atoms with Crippen molar-refractivity contribution in [3.05, 3.63) is 29.8 Å². The molecule has 1 aromatic carbocycles. The van der Waals surface area contributed by atoms with Gasteiger partial charge in [-0.2, -0.15) is 0 Å². The van der Waals surface area contributed by atoms with Crippen LogP contribution in [0.2, 0.25) is 0 Å². The van der Waals surface area contributed by atoms with Gasteiger partial charge in [-0.05, 0) is 38.5 Å². The zero-order valence-corrected chi connectivity index (χ0v) is 12.7. The number of ether oxygens (including phenoxy) is 1. The molecule has 0 spiro atoms. The Labute approximate surface area is 124 Å². The summed E-state index contributed by atoms with van der Waals surface area (Å²) < 4.78 is 5.73. The predicted octanol–water partition coefficient (Wildman–Crippen LogP) is 2.02. The minimum Gasteiger partial charge on any atom is -0.488 e. The summed E-state index contributed by atoms with van der Waals surface area (Å²) in [5, 5.41) is 11.7. The lowest BCUT2D eigenvalue weighted by molar-refractivity contribution is -0.140. The van der Waals surface area contributed by atoms with E-state index in [1.807, 2.05) is 45.0 Å². The Balaban J connectivity index is 2.15. The van der Waals surface area contributed by atoms with Crippen LogP contribution in [-0.4, -0.2) is 29.6 Å². The molecule has 0 bridgehead atoms. The summed E-state index contributed by atoms with van der Waals surface area (Å²) in [6.45, 7) is 5.89. The molecule has 1 aromatic rings. The van der Waals surface area contributed by atoms with Gasteiger partial charge in [0.05, 0.1) is 11.8 Å². The molecule has 5 heteroatoms. The van der Waals surface area contributed by atoms with Crippen LogP contribution in [0.25, 0.3) is 0 Å². The van der Waals surface area contributed by atoms with Crippen molar-refractivity contribution in [3.8, 4) is 5.75 Å². The minimum absolute atomic E-state index is 0.220. The standard InChI is InChI=1S/C16H21NO4/c1-16(2,3)21-10-7-5-9(6-8-10)11-12(14(18)17-4)13(11)15(19)20/h5-8,11-13H,1-4H3,(H,17,18)(H,19,20)/t11-,12+,13-/m1/s1. The van der Waals surface area contributed by atoms with Crippen molar-refractivity contribution >= 4 is 11.9 Å². The van der Waals surface area contributed by atoms with E-state index >= 15 is 0 Å². The van der Waals surface area contributed by atoms with E-state index in [0.717, 1.165) is 11.3 Å². The van der Waals surface area contributed by atoms with Gasteiger partial charge < -0.3 is 15.2 Å². The summed E-state index contributed by atoms with van der Waals surface area (Å²) in [7, 11) is 1.52. The monoisotopic (exact) mass is 291 g/mol. The number of hydrogen-bond donors (Lipinski definition) is 2. The quantitative estimate of drug-likeness (QED) is 0.890. The number of hydrogen-bond acceptors (Lipinski definition) is 3. The molecule has 1 saturated carbocycles. The van der Waals surface area contributed by atoms with E-state index in [9.17, 15) is 14.7 Å². The zero-order valence-electron chi connectivity index (χ0n) is 12.7. The Kier molecular flexibility index (Phi) is 3.94. The van der Waals surface area contributed by atoms with Gasteiger partial charge in [0.25, 0.3) is 0 Å². The highest BCUT2D eigenvalue weighted by atomic mass is 16.5. The fraction of sp³-hybridized carbons (Fsp3) is 0.500. The zero-order chi connectivity index (χ0) is 15.8. The highest BCUT2D eigenvalue weighted by molar-refractivity contribution is 5.92. The van der Waals surface area contributed by atoms with Crippen molar-refractivity contribution in [2.45, 2.75) is 32.3 Å². The van der Waals surface area contributed by atoms with Gasteiger partial charge in [0.2, 0.25) is 5.91 Å². The van der Waals surface area contributed by atoms with Crippen LogP contribution in [0, 0.1) is 11.8 Å². The minimum atomic E-state index is -0.927. The Bertz CT molecular complexity index is 544. The first-order valence-corrected chi connectivity index (χ1v) is 6.98. The van der Waals surface area contributed by atoms with Gasteiger partial charge in [-0.1, -0.05) is 12.1 Å². The summed E-state index contributed by atoms with van der Waals surface area (Å²) >= 11 is 0. The molecule has 5 nitrogen and oxygen atoms in total. The Morgan fingerprint density at radius 2 is 1.71 bits per heavy atom. The van der Waals surface area contributed by atoms with Crippen molar-refractivity contribution in [1.29, 1.82) is 0 Å². The number of carboxylic acid groups (broad SMARTS) is 1. The molecule has 1 aliphatic rings. The third-order valence-electron chi connectivity index (χ3n) is 3.54. The normalized spacial score (nSPS) is 24.3. The molecule has 1 amide bonds. The molecule has 0 radical (unpaired) electrons. The summed E-state index contributed by atoms with van der Waals surface area (Å²) in [4.78, 5) is 23.0. The first kappa shape index (κ1) is 15.4. The number of aliphatic carboxylic acids is 1. The second kappa shape index (κ2) is 5.39. The van der Waals surface area contributed by atoms with Gasteiger partial charge in [-0.25, -0.2) is 0 Å². The Morgan fingerprint density at radius 1 is 1.14 bits per heavy atom. The topological polar surface area (TPSA) is 75.6 Å². The van der Waals surface area contributed by atoms with Crippen LogP contribution in [0.15, 0.2) is 24.3 Å². The van der Waals surface area contributed by atoms with Crippen molar-refractivity contribution in [1.82, 2.24) is 5.32 Å². The summed E-state index contributed by atoms with van der Waals surface area (Å²) in [5.74, 6) is -1.80. The van der Waals surface area contributed by atoms with E-state index in [2.05, 4.69) is 5.32 Å². The molecule has 21 heavy (non-hydrogen) atoms. The van der Waals surface area contributed by atoms with Crippen LogP contribution in [0.3, 0.4) is 0 Å². The maximum Gasteiger partial charge on any atom is 0.307 e.